The van der Waals surface area contributed by atoms with Crippen LogP contribution in [0, 0.1) is 5.82 Å². The molecule has 0 aliphatic heterocycles. The first-order valence-electron chi connectivity index (χ1n) is 7.93. The maximum atomic E-state index is 13.7. The number of amides is 1. The minimum absolute atomic E-state index is 0.109. The zero-order valence-electron chi connectivity index (χ0n) is 14.7. The molecule has 2 aromatic carbocycles. The Balaban J connectivity index is 1.84. The van der Waals surface area contributed by atoms with Gasteiger partial charge in [-0.05, 0) is 30.8 Å². The lowest BCUT2D eigenvalue weighted by atomic mass is 10.2. The topological polar surface area (TPSA) is 50.8 Å². The highest BCUT2D eigenvalue weighted by atomic mass is 19.1. The van der Waals surface area contributed by atoms with E-state index in [1.54, 1.807) is 19.2 Å². The molecular weight excluding hydrogens is 323 g/mol. The number of nitrogens with one attached hydrogen (secondary N) is 1. The number of methoxy groups -OCH3 is 2. The predicted molar refractivity (Wildman–Crippen MR) is 94.1 cm³/mol. The second kappa shape index (κ2) is 9.03. The fourth-order valence-electron chi connectivity index (χ4n) is 2.52. The van der Waals surface area contributed by atoms with E-state index in [2.05, 4.69) is 5.32 Å². The van der Waals surface area contributed by atoms with Crippen LogP contribution < -0.4 is 14.8 Å². The summed E-state index contributed by atoms with van der Waals surface area (Å²) in [5, 5.41) is 2.87. The van der Waals surface area contributed by atoms with Gasteiger partial charge in [-0.3, -0.25) is 9.69 Å². The van der Waals surface area contributed by atoms with E-state index < -0.39 is 5.82 Å². The molecule has 134 valence electrons. The van der Waals surface area contributed by atoms with Gasteiger partial charge in [0, 0.05) is 18.7 Å². The molecule has 25 heavy (non-hydrogen) atoms. The van der Waals surface area contributed by atoms with Crippen LogP contribution >= 0.6 is 0 Å². The molecule has 0 heterocycles. The summed E-state index contributed by atoms with van der Waals surface area (Å²) in [5.74, 6) is 0.433. The molecule has 0 aromatic heterocycles. The van der Waals surface area contributed by atoms with E-state index >= 15 is 0 Å². The molecule has 0 aliphatic rings. The quantitative estimate of drug-likeness (QED) is 0.798. The van der Waals surface area contributed by atoms with Crippen molar-refractivity contribution in [1.29, 1.82) is 0 Å². The lowest BCUT2D eigenvalue weighted by Gasteiger charge is -2.17. The van der Waals surface area contributed by atoms with Crippen molar-refractivity contribution >= 4 is 5.91 Å². The Kier molecular flexibility index (Phi) is 6.77. The number of nitrogens with zero attached hydrogens (tertiary/aromatic N) is 1. The van der Waals surface area contributed by atoms with Crippen molar-refractivity contribution in [3.8, 4) is 11.5 Å². The van der Waals surface area contributed by atoms with Gasteiger partial charge in [0.15, 0.2) is 11.6 Å². The fourth-order valence-corrected chi connectivity index (χ4v) is 2.52. The summed E-state index contributed by atoms with van der Waals surface area (Å²) >= 11 is 0. The first-order valence-corrected chi connectivity index (χ1v) is 7.93. The molecule has 1 amide bonds. The third-order valence-electron chi connectivity index (χ3n) is 3.75. The number of likely N-dealkylation sites (N-methyl/N-ethyl adjacent to an activating group) is 1. The second-order valence-electron chi connectivity index (χ2n) is 5.73. The first-order chi connectivity index (χ1) is 12.0. The monoisotopic (exact) mass is 346 g/mol. The maximum Gasteiger partial charge on any atom is 0.234 e. The maximum absolute atomic E-state index is 13.7. The summed E-state index contributed by atoms with van der Waals surface area (Å²) in [6, 6.07) is 12.3. The van der Waals surface area contributed by atoms with Crippen molar-refractivity contribution in [2.45, 2.75) is 13.1 Å². The van der Waals surface area contributed by atoms with Gasteiger partial charge >= 0.3 is 0 Å². The molecule has 0 fully saturated rings. The predicted octanol–water partition coefficient (Wildman–Crippen LogP) is 2.59. The molecule has 0 radical (unpaired) electrons. The number of carbonyl (C=O) groups excluding carboxylic acids is 1. The van der Waals surface area contributed by atoms with E-state index in [1.165, 1.54) is 13.2 Å². The van der Waals surface area contributed by atoms with Crippen molar-refractivity contribution in [3.05, 3.63) is 59.4 Å². The van der Waals surface area contributed by atoms with Gasteiger partial charge in [-0.15, -0.1) is 0 Å². The number of rotatable bonds is 8. The molecular formula is C19H23FN2O3. The number of benzene rings is 2. The molecule has 2 rings (SSSR count). The number of carbonyl (C=O) groups is 1. The first kappa shape index (κ1) is 18.7. The molecule has 2 aromatic rings. The van der Waals surface area contributed by atoms with E-state index in [0.29, 0.717) is 13.1 Å². The Labute approximate surface area is 147 Å². The van der Waals surface area contributed by atoms with Crippen molar-refractivity contribution < 1.29 is 18.7 Å². The van der Waals surface area contributed by atoms with Crippen molar-refractivity contribution in [2.75, 3.05) is 27.8 Å². The minimum atomic E-state index is -0.408. The summed E-state index contributed by atoms with van der Waals surface area (Å²) in [7, 11) is 4.84. The Morgan fingerprint density at radius 1 is 1.12 bits per heavy atom. The normalized spacial score (nSPS) is 10.6. The summed E-state index contributed by atoms with van der Waals surface area (Å²) < 4.78 is 23.9. The Bertz CT molecular complexity index is 722. The third kappa shape index (κ3) is 5.46. The molecule has 5 nitrogen and oxygen atoms in total. The van der Waals surface area contributed by atoms with Gasteiger partial charge in [0.1, 0.15) is 5.75 Å². The van der Waals surface area contributed by atoms with Crippen LogP contribution in [0.15, 0.2) is 42.5 Å². The van der Waals surface area contributed by atoms with Crippen molar-refractivity contribution in [2.24, 2.45) is 0 Å². The number of hydrogen-bond donors (Lipinski definition) is 1. The summed E-state index contributed by atoms with van der Waals surface area (Å²) in [5.41, 5.74) is 1.69. The van der Waals surface area contributed by atoms with E-state index in [-0.39, 0.29) is 18.2 Å². The van der Waals surface area contributed by atoms with Crippen LogP contribution in [0.4, 0.5) is 4.39 Å². The van der Waals surface area contributed by atoms with Gasteiger partial charge in [-0.25, -0.2) is 4.39 Å². The lowest BCUT2D eigenvalue weighted by Crippen LogP contribution is -2.34. The molecule has 0 spiro atoms. The standard InChI is InChI=1S/C19H23FN2O3/c1-22(12-14-8-9-18(25-3)16(20)10-14)13-19(23)21-11-15-6-4-5-7-17(15)24-2/h4-10H,11-13H2,1-3H3,(H,21,23). The number of ether oxygens (including phenoxy) is 2. The highest BCUT2D eigenvalue weighted by Crippen LogP contribution is 2.18. The van der Waals surface area contributed by atoms with Crippen LogP contribution in [0.25, 0.3) is 0 Å². The summed E-state index contributed by atoms with van der Waals surface area (Å²) in [6.45, 7) is 1.07. The van der Waals surface area contributed by atoms with E-state index in [4.69, 9.17) is 9.47 Å². The fraction of sp³-hybridized carbons (Fsp3) is 0.316. The summed E-state index contributed by atoms with van der Waals surface area (Å²) in [6.07, 6.45) is 0. The summed E-state index contributed by atoms with van der Waals surface area (Å²) in [4.78, 5) is 13.9. The van der Waals surface area contributed by atoms with Crippen molar-refractivity contribution in [1.82, 2.24) is 10.2 Å². The van der Waals surface area contributed by atoms with Crippen LogP contribution in [-0.2, 0) is 17.9 Å². The largest absolute Gasteiger partial charge is 0.496 e. The van der Waals surface area contributed by atoms with Crippen LogP contribution in [-0.4, -0.2) is 38.6 Å². The molecule has 0 aliphatic carbocycles. The molecule has 0 saturated carbocycles. The SMILES string of the molecule is COc1ccc(CN(C)CC(=O)NCc2ccccc2OC)cc1F. The van der Waals surface area contributed by atoms with Gasteiger partial charge in [0.2, 0.25) is 5.91 Å². The average molecular weight is 346 g/mol. The number of hydrogen-bond acceptors (Lipinski definition) is 4. The van der Waals surface area contributed by atoms with Gasteiger partial charge < -0.3 is 14.8 Å². The zero-order chi connectivity index (χ0) is 18.2. The Morgan fingerprint density at radius 3 is 2.52 bits per heavy atom. The minimum Gasteiger partial charge on any atom is -0.496 e. The van der Waals surface area contributed by atoms with E-state index in [1.807, 2.05) is 36.2 Å². The number of para-hydroxylation sites is 1. The van der Waals surface area contributed by atoms with Crippen LogP contribution in [0.1, 0.15) is 11.1 Å². The van der Waals surface area contributed by atoms with Crippen molar-refractivity contribution in [3.63, 3.8) is 0 Å². The Morgan fingerprint density at radius 2 is 1.84 bits per heavy atom. The second-order valence-corrected chi connectivity index (χ2v) is 5.73. The molecule has 6 heteroatoms. The number of halogens is 1. The van der Waals surface area contributed by atoms with Crippen LogP contribution in [0.3, 0.4) is 0 Å². The van der Waals surface area contributed by atoms with Crippen LogP contribution in [0.2, 0.25) is 0 Å². The average Bonchev–Trinajstić information content (AvgIpc) is 2.60. The van der Waals surface area contributed by atoms with Gasteiger partial charge in [0.25, 0.3) is 0 Å². The molecule has 1 N–H and O–H groups in total. The van der Waals surface area contributed by atoms with E-state index in [0.717, 1.165) is 16.9 Å². The molecule has 0 bridgehead atoms. The smallest absolute Gasteiger partial charge is 0.234 e. The molecule has 0 unspecified atom stereocenters. The highest BCUT2D eigenvalue weighted by molar-refractivity contribution is 5.78. The van der Waals surface area contributed by atoms with Crippen LogP contribution in [0.5, 0.6) is 11.5 Å². The van der Waals surface area contributed by atoms with Gasteiger partial charge in [-0.1, -0.05) is 24.3 Å². The molecule has 0 saturated heterocycles. The van der Waals surface area contributed by atoms with E-state index in [9.17, 15) is 9.18 Å². The van der Waals surface area contributed by atoms with Gasteiger partial charge in [-0.2, -0.15) is 0 Å². The lowest BCUT2D eigenvalue weighted by molar-refractivity contribution is -0.122. The Hall–Kier alpha value is -2.60. The van der Waals surface area contributed by atoms with Gasteiger partial charge in [0.05, 0.1) is 20.8 Å². The third-order valence-corrected chi connectivity index (χ3v) is 3.75. The highest BCUT2D eigenvalue weighted by Gasteiger charge is 2.10. The molecule has 0 atom stereocenters. The zero-order valence-corrected chi connectivity index (χ0v) is 14.7.